The van der Waals surface area contributed by atoms with E-state index in [1.165, 1.54) is 5.56 Å². The van der Waals surface area contributed by atoms with Crippen LogP contribution in [0.3, 0.4) is 0 Å². The first kappa shape index (κ1) is 20.0. The Labute approximate surface area is 163 Å². The third-order valence-electron chi connectivity index (χ3n) is 4.87. The van der Waals surface area contributed by atoms with Crippen LogP contribution < -0.4 is 0 Å². The highest BCUT2D eigenvalue weighted by Gasteiger charge is 2.25. The van der Waals surface area contributed by atoms with Gasteiger partial charge in [-0.15, -0.1) is 0 Å². The predicted octanol–water partition coefficient (Wildman–Crippen LogP) is 5.13. The lowest BCUT2D eigenvalue weighted by Crippen LogP contribution is -2.19. The molecule has 0 fully saturated rings. The predicted molar refractivity (Wildman–Crippen MR) is 107 cm³/mol. The van der Waals surface area contributed by atoms with Gasteiger partial charge in [0.2, 0.25) is 0 Å². The van der Waals surface area contributed by atoms with E-state index < -0.39 is 17.5 Å². The fourth-order valence-corrected chi connectivity index (χ4v) is 3.85. The first-order valence-corrected chi connectivity index (χ1v) is 10.3. The van der Waals surface area contributed by atoms with Crippen LogP contribution in [-0.4, -0.2) is 15.4 Å². The largest absolute Gasteiger partial charge is 0.376 e. The van der Waals surface area contributed by atoms with Gasteiger partial charge in [0.25, 0.3) is 0 Å². The second-order valence-electron chi connectivity index (χ2n) is 7.03. The zero-order chi connectivity index (χ0) is 19.1. The van der Waals surface area contributed by atoms with Gasteiger partial charge in [0.05, 0.1) is 13.2 Å². The molecule has 0 amide bonds. The van der Waals surface area contributed by atoms with Crippen LogP contribution in [-0.2, 0) is 26.9 Å². The van der Waals surface area contributed by atoms with Gasteiger partial charge in [0.1, 0.15) is 6.10 Å². The highest BCUT2D eigenvalue weighted by molar-refractivity contribution is 7.74. The SMILES string of the molecule is Cc1ccc(C(OS(=O)O)C2=CCCC(COCc3ccccc3)C2)cc1. The first-order chi connectivity index (χ1) is 13.1. The summed E-state index contributed by atoms with van der Waals surface area (Å²) in [6, 6.07) is 18.1. The Bertz CT molecular complexity index is 771. The summed E-state index contributed by atoms with van der Waals surface area (Å²) in [6.45, 7) is 3.30. The van der Waals surface area contributed by atoms with Crippen LogP contribution in [0.2, 0.25) is 0 Å². The Morgan fingerprint density at radius 2 is 1.89 bits per heavy atom. The molecule has 4 nitrogen and oxygen atoms in total. The molecular weight excluding hydrogens is 360 g/mol. The number of ether oxygens (including phenoxy) is 1. The molecule has 3 rings (SSSR count). The number of hydrogen-bond donors (Lipinski definition) is 1. The number of aryl methyl sites for hydroxylation is 1. The molecule has 0 radical (unpaired) electrons. The molecule has 144 valence electrons. The van der Waals surface area contributed by atoms with Gasteiger partial charge in [-0.25, -0.2) is 0 Å². The minimum absolute atomic E-state index is 0.386. The quantitative estimate of drug-likeness (QED) is 0.505. The van der Waals surface area contributed by atoms with Crippen molar-refractivity contribution >= 4 is 11.4 Å². The maximum Gasteiger partial charge on any atom is 0.302 e. The van der Waals surface area contributed by atoms with Crippen molar-refractivity contribution in [3.63, 3.8) is 0 Å². The Morgan fingerprint density at radius 3 is 2.59 bits per heavy atom. The normalized spacial score (nSPS) is 19.3. The molecular formula is C22H26O4S. The zero-order valence-electron chi connectivity index (χ0n) is 15.5. The van der Waals surface area contributed by atoms with Gasteiger partial charge < -0.3 is 4.74 Å². The fourth-order valence-electron chi connectivity index (χ4n) is 3.45. The summed E-state index contributed by atoms with van der Waals surface area (Å²) < 4.78 is 31.9. The summed E-state index contributed by atoms with van der Waals surface area (Å²) in [5.74, 6) is 0.386. The van der Waals surface area contributed by atoms with Crippen molar-refractivity contribution in [3.8, 4) is 0 Å². The van der Waals surface area contributed by atoms with Crippen molar-refractivity contribution in [1.82, 2.24) is 0 Å². The van der Waals surface area contributed by atoms with Crippen LogP contribution in [0.25, 0.3) is 0 Å². The Kier molecular flexibility index (Phi) is 7.35. The van der Waals surface area contributed by atoms with Crippen molar-refractivity contribution in [2.24, 2.45) is 5.92 Å². The lowest BCUT2D eigenvalue weighted by Gasteiger charge is -2.27. The Morgan fingerprint density at radius 1 is 1.15 bits per heavy atom. The summed E-state index contributed by atoms with van der Waals surface area (Å²) in [6.07, 6.45) is 4.45. The molecule has 0 spiro atoms. The molecule has 1 aliphatic carbocycles. The van der Waals surface area contributed by atoms with E-state index in [1.54, 1.807) is 0 Å². The second-order valence-corrected chi connectivity index (χ2v) is 7.66. The molecule has 2 aromatic carbocycles. The van der Waals surface area contributed by atoms with Crippen LogP contribution in [0.5, 0.6) is 0 Å². The zero-order valence-corrected chi connectivity index (χ0v) is 16.4. The van der Waals surface area contributed by atoms with Gasteiger partial charge in [-0.2, -0.15) is 4.21 Å². The topological polar surface area (TPSA) is 55.8 Å². The fraction of sp³-hybridized carbons (Fsp3) is 0.364. The maximum atomic E-state index is 11.3. The van der Waals surface area contributed by atoms with E-state index in [4.69, 9.17) is 8.92 Å². The van der Waals surface area contributed by atoms with Crippen LogP contribution in [0.15, 0.2) is 66.2 Å². The van der Waals surface area contributed by atoms with Crippen LogP contribution in [0.1, 0.15) is 42.1 Å². The molecule has 0 bridgehead atoms. The van der Waals surface area contributed by atoms with Gasteiger partial charge in [-0.1, -0.05) is 66.2 Å². The molecule has 2 aromatic rings. The van der Waals surface area contributed by atoms with Crippen molar-refractivity contribution < 1.29 is 17.7 Å². The third kappa shape index (κ3) is 6.11. The van der Waals surface area contributed by atoms with Gasteiger partial charge in [-0.3, -0.25) is 8.74 Å². The van der Waals surface area contributed by atoms with E-state index in [0.717, 1.165) is 36.0 Å². The van der Waals surface area contributed by atoms with E-state index in [2.05, 4.69) is 18.2 Å². The first-order valence-electron chi connectivity index (χ1n) is 9.27. The molecule has 3 atom stereocenters. The van der Waals surface area contributed by atoms with Gasteiger partial charge in [0, 0.05) is 0 Å². The van der Waals surface area contributed by atoms with Crippen LogP contribution >= 0.6 is 0 Å². The van der Waals surface area contributed by atoms with E-state index in [9.17, 15) is 8.76 Å². The summed E-state index contributed by atoms with van der Waals surface area (Å²) in [5.41, 5.74) is 4.27. The van der Waals surface area contributed by atoms with Crippen LogP contribution in [0, 0.1) is 12.8 Å². The van der Waals surface area contributed by atoms with Crippen molar-refractivity contribution in [1.29, 1.82) is 0 Å². The van der Waals surface area contributed by atoms with Gasteiger partial charge in [-0.05, 0) is 48.8 Å². The molecule has 5 heteroatoms. The smallest absolute Gasteiger partial charge is 0.302 e. The second kappa shape index (κ2) is 9.95. The summed E-state index contributed by atoms with van der Waals surface area (Å²) in [5, 5.41) is 0. The summed E-state index contributed by atoms with van der Waals surface area (Å²) >= 11 is -2.32. The summed E-state index contributed by atoms with van der Waals surface area (Å²) in [7, 11) is 0. The standard InChI is InChI=1S/C22H26O4S/c1-17-10-12-20(13-11-17)22(26-27(23)24)21-9-5-8-19(14-21)16-25-15-18-6-3-2-4-7-18/h2-4,6-7,9-13,19,22H,5,8,14-16H2,1H3,(H,23,24). The maximum absolute atomic E-state index is 11.3. The summed E-state index contributed by atoms with van der Waals surface area (Å²) in [4.78, 5) is 0. The molecule has 0 heterocycles. The third-order valence-corrected chi connectivity index (χ3v) is 5.22. The van der Waals surface area contributed by atoms with E-state index in [0.29, 0.717) is 19.1 Å². The van der Waals surface area contributed by atoms with E-state index in [1.807, 2.05) is 49.4 Å². The van der Waals surface area contributed by atoms with Crippen molar-refractivity contribution in [3.05, 3.63) is 82.9 Å². The molecule has 0 aromatic heterocycles. The minimum Gasteiger partial charge on any atom is -0.376 e. The van der Waals surface area contributed by atoms with Gasteiger partial charge in [0.15, 0.2) is 0 Å². The molecule has 3 unspecified atom stereocenters. The number of allylic oxidation sites excluding steroid dienone is 1. The molecule has 1 aliphatic rings. The molecule has 0 aliphatic heterocycles. The monoisotopic (exact) mass is 386 g/mol. The average molecular weight is 387 g/mol. The average Bonchev–Trinajstić information content (AvgIpc) is 2.68. The number of rotatable bonds is 8. The molecule has 27 heavy (non-hydrogen) atoms. The van der Waals surface area contributed by atoms with E-state index in [-0.39, 0.29) is 0 Å². The minimum atomic E-state index is -2.32. The Balaban J connectivity index is 1.62. The molecule has 0 saturated carbocycles. The lowest BCUT2D eigenvalue weighted by atomic mass is 9.85. The van der Waals surface area contributed by atoms with Crippen molar-refractivity contribution in [2.75, 3.05) is 6.61 Å². The van der Waals surface area contributed by atoms with Gasteiger partial charge >= 0.3 is 11.4 Å². The van der Waals surface area contributed by atoms with Crippen molar-refractivity contribution in [2.45, 2.75) is 38.9 Å². The van der Waals surface area contributed by atoms with Crippen LogP contribution in [0.4, 0.5) is 0 Å². The lowest BCUT2D eigenvalue weighted by molar-refractivity contribution is 0.0801. The number of benzene rings is 2. The van der Waals surface area contributed by atoms with E-state index >= 15 is 0 Å². The number of hydrogen-bond acceptors (Lipinski definition) is 3. The highest BCUT2D eigenvalue weighted by Crippen LogP contribution is 2.36. The Hall–Kier alpha value is -1.79. The molecule has 1 N–H and O–H groups in total. The highest BCUT2D eigenvalue weighted by atomic mass is 32.2. The molecule has 0 saturated heterocycles.